The van der Waals surface area contributed by atoms with Crippen molar-refractivity contribution in [3.63, 3.8) is 0 Å². The van der Waals surface area contributed by atoms with Gasteiger partial charge in [-0.2, -0.15) is 0 Å². The summed E-state index contributed by atoms with van der Waals surface area (Å²) in [6.45, 7) is 1.43. The summed E-state index contributed by atoms with van der Waals surface area (Å²) in [6, 6.07) is 6.10. The number of nitrogens with zero attached hydrogens (tertiary/aromatic N) is 1. The van der Waals surface area contributed by atoms with E-state index >= 15 is 0 Å². The Morgan fingerprint density at radius 2 is 2.09 bits per heavy atom. The van der Waals surface area contributed by atoms with E-state index in [1.54, 1.807) is 17.0 Å². The molecular weight excluding hydrogens is 301 g/mol. The zero-order chi connectivity index (χ0) is 16.7. The van der Waals surface area contributed by atoms with E-state index in [4.69, 9.17) is 9.84 Å². The van der Waals surface area contributed by atoms with Crippen LogP contribution in [0.25, 0.3) is 0 Å². The molecule has 1 aliphatic heterocycles. The Hall–Kier alpha value is -2.11. The molecule has 126 valence electrons. The molecule has 1 aromatic carbocycles. The summed E-state index contributed by atoms with van der Waals surface area (Å²) >= 11 is 0. The highest BCUT2D eigenvalue weighted by Gasteiger charge is 2.23. The molecule has 23 heavy (non-hydrogen) atoms. The van der Waals surface area contributed by atoms with Crippen LogP contribution in [0.15, 0.2) is 24.3 Å². The average Bonchev–Trinajstić information content (AvgIpc) is 2.55. The minimum atomic E-state index is -0.799. The normalized spacial score (nSPS) is 17.8. The molecule has 0 aromatic heterocycles. The SMILES string of the molecule is O=C(O)CCC1CCCN(C(=O)CCOc2ccccc2F)C1. The number of rotatable bonds is 7. The number of carbonyl (C=O) groups excluding carboxylic acids is 1. The molecule has 1 aliphatic rings. The number of hydrogen-bond donors (Lipinski definition) is 1. The van der Waals surface area contributed by atoms with Gasteiger partial charge in [-0.1, -0.05) is 12.1 Å². The van der Waals surface area contributed by atoms with Crippen LogP contribution in [0.5, 0.6) is 5.75 Å². The van der Waals surface area contributed by atoms with Crippen LogP contribution < -0.4 is 4.74 Å². The zero-order valence-corrected chi connectivity index (χ0v) is 13.0. The van der Waals surface area contributed by atoms with E-state index in [-0.39, 0.29) is 37.0 Å². The van der Waals surface area contributed by atoms with E-state index in [9.17, 15) is 14.0 Å². The minimum absolute atomic E-state index is 0.0265. The smallest absolute Gasteiger partial charge is 0.303 e. The first-order valence-electron chi connectivity index (χ1n) is 7.93. The van der Waals surface area contributed by atoms with Crippen molar-refractivity contribution in [2.24, 2.45) is 5.92 Å². The van der Waals surface area contributed by atoms with E-state index < -0.39 is 11.8 Å². The molecule has 1 saturated heterocycles. The van der Waals surface area contributed by atoms with Crippen LogP contribution in [0.2, 0.25) is 0 Å². The molecule has 5 nitrogen and oxygen atoms in total. The second kappa shape index (κ2) is 8.50. The Morgan fingerprint density at radius 1 is 1.30 bits per heavy atom. The number of carboxylic acids is 1. The van der Waals surface area contributed by atoms with Crippen LogP contribution in [0.4, 0.5) is 4.39 Å². The van der Waals surface area contributed by atoms with E-state index in [0.29, 0.717) is 19.5 Å². The second-order valence-corrected chi connectivity index (χ2v) is 5.81. The fourth-order valence-electron chi connectivity index (χ4n) is 2.82. The Balaban J connectivity index is 1.74. The molecule has 1 unspecified atom stereocenters. The van der Waals surface area contributed by atoms with Gasteiger partial charge in [0.15, 0.2) is 11.6 Å². The number of carboxylic acid groups (broad SMARTS) is 1. The second-order valence-electron chi connectivity index (χ2n) is 5.81. The first-order valence-corrected chi connectivity index (χ1v) is 7.93. The molecule has 1 amide bonds. The van der Waals surface area contributed by atoms with Crippen molar-refractivity contribution in [1.82, 2.24) is 4.90 Å². The first kappa shape index (κ1) is 17.2. The van der Waals surface area contributed by atoms with E-state index in [1.165, 1.54) is 12.1 Å². The largest absolute Gasteiger partial charge is 0.490 e. The van der Waals surface area contributed by atoms with Crippen molar-refractivity contribution in [1.29, 1.82) is 0 Å². The van der Waals surface area contributed by atoms with Gasteiger partial charge in [0.2, 0.25) is 5.91 Å². The molecule has 1 aromatic rings. The van der Waals surface area contributed by atoms with Crippen molar-refractivity contribution < 1.29 is 23.8 Å². The van der Waals surface area contributed by atoms with Gasteiger partial charge in [-0.25, -0.2) is 4.39 Å². The van der Waals surface area contributed by atoms with Crippen molar-refractivity contribution in [2.45, 2.75) is 32.1 Å². The van der Waals surface area contributed by atoms with Crippen LogP contribution in [-0.4, -0.2) is 41.6 Å². The number of benzene rings is 1. The van der Waals surface area contributed by atoms with Crippen LogP contribution in [0.3, 0.4) is 0 Å². The average molecular weight is 323 g/mol. The highest BCUT2D eigenvalue weighted by atomic mass is 19.1. The number of likely N-dealkylation sites (tertiary alicyclic amines) is 1. The van der Waals surface area contributed by atoms with Gasteiger partial charge in [-0.05, 0) is 37.3 Å². The summed E-state index contributed by atoms with van der Waals surface area (Å²) in [5, 5.41) is 8.74. The van der Waals surface area contributed by atoms with Crippen molar-refractivity contribution in [2.75, 3.05) is 19.7 Å². The van der Waals surface area contributed by atoms with E-state index in [0.717, 1.165) is 12.8 Å². The predicted octanol–water partition coefficient (Wildman–Crippen LogP) is 2.70. The number of halogens is 1. The Kier molecular flexibility index (Phi) is 6.38. The van der Waals surface area contributed by atoms with E-state index in [1.807, 2.05) is 0 Å². The summed E-state index contributed by atoms with van der Waals surface area (Å²) in [5.41, 5.74) is 0. The van der Waals surface area contributed by atoms with Crippen molar-refractivity contribution >= 4 is 11.9 Å². The molecule has 1 atom stereocenters. The fraction of sp³-hybridized carbons (Fsp3) is 0.529. The van der Waals surface area contributed by atoms with Gasteiger partial charge >= 0.3 is 5.97 Å². The summed E-state index contributed by atoms with van der Waals surface area (Å²) in [7, 11) is 0. The lowest BCUT2D eigenvalue weighted by atomic mass is 9.93. The summed E-state index contributed by atoms with van der Waals surface area (Å²) < 4.78 is 18.7. The monoisotopic (exact) mass is 323 g/mol. The number of para-hydroxylation sites is 1. The fourth-order valence-corrected chi connectivity index (χ4v) is 2.82. The van der Waals surface area contributed by atoms with Crippen molar-refractivity contribution in [3.8, 4) is 5.75 Å². The van der Waals surface area contributed by atoms with Crippen LogP contribution in [-0.2, 0) is 9.59 Å². The summed E-state index contributed by atoms with van der Waals surface area (Å²) in [6.07, 6.45) is 2.79. The molecule has 0 saturated carbocycles. The van der Waals surface area contributed by atoms with Gasteiger partial charge in [0.1, 0.15) is 0 Å². The molecule has 0 aliphatic carbocycles. The minimum Gasteiger partial charge on any atom is -0.490 e. The Labute approximate surface area is 135 Å². The third kappa shape index (κ3) is 5.54. The maximum Gasteiger partial charge on any atom is 0.303 e. The maximum atomic E-state index is 13.4. The number of carbonyl (C=O) groups is 2. The molecule has 0 bridgehead atoms. The van der Waals surface area contributed by atoms with Gasteiger partial charge in [-0.3, -0.25) is 9.59 Å². The van der Waals surface area contributed by atoms with Crippen molar-refractivity contribution in [3.05, 3.63) is 30.1 Å². The highest BCUT2D eigenvalue weighted by Crippen LogP contribution is 2.22. The molecule has 1 fully saturated rings. The summed E-state index contributed by atoms with van der Waals surface area (Å²) in [4.78, 5) is 24.6. The lowest BCUT2D eigenvalue weighted by Crippen LogP contribution is -2.40. The highest BCUT2D eigenvalue weighted by molar-refractivity contribution is 5.76. The maximum absolute atomic E-state index is 13.4. The summed E-state index contributed by atoms with van der Waals surface area (Å²) in [5.74, 6) is -0.866. The standard InChI is InChI=1S/C17H22FNO4/c18-14-5-1-2-6-15(14)23-11-9-16(20)19-10-3-4-13(12-19)7-8-17(21)22/h1-2,5-6,13H,3-4,7-12H2,(H,21,22). The molecular formula is C17H22FNO4. The lowest BCUT2D eigenvalue weighted by Gasteiger charge is -2.32. The number of ether oxygens (including phenoxy) is 1. The predicted molar refractivity (Wildman–Crippen MR) is 82.7 cm³/mol. The van der Waals surface area contributed by atoms with Gasteiger partial charge in [0, 0.05) is 19.5 Å². The van der Waals surface area contributed by atoms with Gasteiger partial charge in [-0.15, -0.1) is 0 Å². The van der Waals surface area contributed by atoms with Crippen LogP contribution >= 0.6 is 0 Å². The topological polar surface area (TPSA) is 66.8 Å². The first-order chi connectivity index (χ1) is 11.1. The molecule has 0 spiro atoms. The number of hydrogen-bond acceptors (Lipinski definition) is 3. The third-order valence-electron chi connectivity index (χ3n) is 4.05. The number of piperidine rings is 1. The van der Waals surface area contributed by atoms with Gasteiger partial charge in [0.05, 0.1) is 13.0 Å². The molecule has 6 heteroatoms. The molecule has 0 radical (unpaired) electrons. The van der Waals surface area contributed by atoms with Crippen LogP contribution in [0, 0.1) is 11.7 Å². The molecule has 2 rings (SSSR count). The number of aliphatic carboxylic acids is 1. The van der Waals surface area contributed by atoms with E-state index in [2.05, 4.69) is 0 Å². The lowest BCUT2D eigenvalue weighted by molar-refractivity contribution is -0.137. The Bertz CT molecular complexity index is 549. The van der Waals surface area contributed by atoms with Crippen LogP contribution in [0.1, 0.15) is 32.1 Å². The third-order valence-corrected chi connectivity index (χ3v) is 4.05. The molecule has 1 N–H and O–H groups in total. The van der Waals surface area contributed by atoms with Gasteiger partial charge < -0.3 is 14.7 Å². The Morgan fingerprint density at radius 3 is 2.83 bits per heavy atom. The zero-order valence-electron chi connectivity index (χ0n) is 13.0. The van der Waals surface area contributed by atoms with Gasteiger partial charge in [0.25, 0.3) is 0 Å². The molecule has 1 heterocycles. The number of amides is 1. The quantitative estimate of drug-likeness (QED) is 0.838.